The van der Waals surface area contributed by atoms with Crippen LogP contribution >= 0.6 is 0 Å². The summed E-state index contributed by atoms with van der Waals surface area (Å²) in [7, 11) is 0. The summed E-state index contributed by atoms with van der Waals surface area (Å²) in [6.45, 7) is 2.02. The second-order valence-electron chi connectivity index (χ2n) is 6.29. The molecule has 1 aliphatic carbocycles. The smallest absolute Gasteiger partial charge is 0.243 e. The number of fused-ring (bicyclic) bond motifs is 1. The Morgan fingerprint density at radius 3 is 2.50 bits per heavy atom. The number of alkyl halides is 3. The van der Waals surface area contributed by atoms with Gasteiger partial charge < -0.3 is 0 Å². The summed E-state index contributed by atoms with van der Waals surface area (Å²) < 4.78 is 42.2. The van der Waals surface area contributed by atoms with E-state index in [0.29, 0.717) is 23.6 Å². The molecule has 0 radical (unpaired) electrons. The normalized spacial score (nSPS) is 15.2. The predicted octanol–water partition coefficient (Wildman–Crippen LogP) is 4.68. The molecule has 3 nitrogen and oxygen atoms in total. The molecule has 1 fully saturated rings. The van der Waals surface area contributed by atoms with Crippen molar-refractivity contribution in [1.29, 1.82) is 0 Å². The maximum atomic E-state index is 13.5. The number of halogens is 3. The van der Waals surface area contributed by atoms with E-state index in [4.69, 9.17) is 0 Å². The number of rotatable bonds is 3. The Kier molecular flexibility index (Phi) is 3.37. The largest absolute Gasteiger partial charge is 0.417 e. The highest BCUT2D eigenvalue weighted by atomic mass is 19.4. The van der Waals surface area contributed by atoms with Crippen LogP contribution < -0.4 is 0 Å². The molecular weight excluding hydrogens is 315 g/mol. The van der Waals surface area contributed by atoms with Crippen LogP contribution in [0.3, 0.4) is 0 Å². The first-order valence-electron chi connectivity index (χ1n) is 7.92. The fraction of sp³-hybridized carbons (Fsp3) is 0.333. The van der Waals surface area contributed by atoms with Crippen LogP contribution in [0.25, 0.3) is 11.0 Å². The second-order valence-corrected chi connectivity index (χ2v) is 6.29. The monoisotopic (exact) mass is 331 g/mol. The fourth-order valence-electron chi connectivity index (χ4n) is 3.05. The summed E-state index contributed by atoms with van der Waals surface area (Å²) in [4.78, 5) is 4.53. The first-order valence-corrected chi connectivity index (χ1v) is 7.92. The minimum Gasteiger partial charge on any atom is -0.243 e. The van der Waals surface area contributed by atoms with E-state index in [1.54, 1.807) is 11.6 Å². The van der Waals surface area contributed by atoms with Crippen LogP contribution in [-0.2, 0) is 12.7 Å². The van der Waals surface area contributed by atoms with E-state index < -0.39 is 11.7 Å². The predicted molar refractivity (Wildman–Crippen MR) is 84.8 cm³/mol. The van der Waals surface area contributed by atoms with Gasteiger partial charge in [0.1, 0.15) is 0 Å². The van der Waals surface area contributed by atoms with Crippen molar-refractivity contribution in [2.75, 3.05) is 0 Å². The van der Waals surface area contributed by atoms with Gasteiger partial charge in [-0.05, 0) is 31.4 Å². The fourth-order valence-corrected chi connectivity index (χ4v) is 3.05. The standard InChI is InChI=1S/C18H16F3N3/c1-11-16-14(18(19,20)21)9-15(13-7-8-13)22-17(16)24(23-11)10-12-5-3-2-4-6-12/h2-6,9,13H,7-8,10H2,1H3. The Bertz CT molecular complexity index is 893. The third kappa shape index (κ3) is 2.66. The zero-order chi connectivity index (χ0) is 16.9. The van der Waals surface area contributed by atoms with Gasteiger partial charge in [-0.1, -0.05) is 30.3 Å². The van der Waals surface area contributed by atoms with Crippen molar-refractivity contribution < 1.29 is 13.2 Å². The van der Waals surface area contributed by atoms with Crippen molar-refractivity contribution in [2.45, 2.75) is 38.4 Å². The maximum Gasteiger partial charge on any atom is 0.417 e. The number of nitrogens with zero attached hydrogens (tertiary/aromatic N) is 3. The molecule has 0 spiro atoms. The molecule has 1 saturated carbocycles. The molecule has 2 heterocycles. The van der Waals surface area contributed by atoms with Gasteiger partial charge >= 0.3 is 6.18 Å². The Morgan fingerprint density at radius 2 is 1.88 bits per heavy atom. The molecule has 1 aliphatic rings. The molecule has 24 heavy (non-hydrogen) atoms. The second kappa shape index (κ2) is 5.33. The Morgan fingerprint density at radius 1 is 1.17 bits per heavy atom. The minimum absolute atomic E-state index is 0.114. The van der Waals surface area contributed by atoms with E-state index in [0.717, 1.165) is 18.4 Å². The molecule has 0 aliphatic heterocycles. The average molecular weight is 331 g/mol. The van der Waals surface area contributed by atoms with Crippen molar-refractivity contribution in [2.24, 2.45) is 0 Å². The molecule has 2 aromatic heterocycles. The van der Waals surface area contributed by atoms with Crippen molar-refractivity contribution >= 4 is 11.0 Å². The zero-order valence-electron chi connectivity index (χ0n) is 13.1. The van der Waals surface area contributed by atoms with Gasteiger partial charge in [0.15, 0.2) is 5.65 Å². The van der Waals surface area contributed by atoms with E-state index in [1.807, 2.05) is 30.3 Å². The topological polar surface area (TPSA) is 30.7 Å². The van der Waals surface area contributed by atoms with Crippen LogP contribution in [0.5, 0.6) is 0 Å². The number of hydrogen-bond acceptors (Lipinski definition) is 2. The number of aryl methyl sites for hydroxylation is 1. The lowest BCUT2D eigenvalue weighted by atomic mass is 10.1. The highest BCUT2D eigenvalue weighted by Gasteiger charge is 2.37. The summed E-state index contributed by atoms with van der Waals surface area (Å²) in [6, 6.07) is 10.8. The van der Waals surface area contributed by atoms with Gasteiger partial charge in [-0.3, -0.25) is 0 Å². The van der Waals surface area contributed by atoms with Crippen LogP contribution in [0.2, 0.25) is 0 Å². The van der Waals surface area contributed by atoms with E-state index in [-0.39, 0.29) is 11.3 Å². The van der Waals surface area contributed by atoms with Gasteiger partial charge in [0.05, 0.1) is 23.2 Å². The Hall–Kier alpha value is -2.37. The Labute approximate surface area is 137 Å². The molecule has 1 aromatic carbocycles. The lowest BCUT2D eigenvalue weighted by Crippen LogP contribution is -2.09. The quantitative estimate of drug-likeness (QED) is 0.697. The number of aromatic nitrogens is 3. The molecule has 4 rings (SSSR count). The number of pyridine rings is 1. The average Bonchev–Trinajstić information content (AvgIpc) is 3.34. The first-order chi connectivity index (χ1) is 11.4. The summed E-state index contributed by atoms with van der Waals surface area (Å²) >= 11 is 0. The van der Waals surface area contributed by atoms with Crippen LogP contribution in [0.15, 0.2) is 36.4 Å². The molecular formula is C18H16F3N3. The molecule has 124 valence electrons. The zero-order valence-corrected chi connectivity index (χ0v) is 13.1. The highest BCUT2D eigenvalue weighted by molar-refractivity contribution is 5.83. The third-order valence-corrected chi connectivity index (χ3v) is 4.37. The maximum absolute atomic E-state index is 13.5. The lowest BCUT2D eigenvalue weighted by molar-refractivity contribution is -0.136. The Balaban J connectivity index is 1.91. The third-order valence-electron chi connectivity index (χ3n) is 4.37. The van der Waals surface area contributed by atoms with Gasteiger partial charge in [0.25, 0.3) is 0 Å². The molecule has 0 bridgehead atoms. The number of benzene rings is 1. The molecule has 3 aromatic rings. The van der Waals surface area contributed by atoms with Crippen LogP contribution in [0.1, 0.15) is 41.3 Å². The lowest BCUT2D eigenvalue weighted by Gasteiger charge is -2.11. The van der Waals surface area contributed by atoms with Gasteiger partial charge in [-0.25, -0.2) is 9.67 Å². The van der Waals surface area contributed by atoms with E-state index in [1.165, 1.54) is 6.07 Å². The van der Waals surface area contributed by atoms with Crippen molar-refractivity contribution in [3.63, 3.8) is 0 Å². The van der Waals surface area contributed by atoms with Crippen molar-refractivity contribution in [3.05, 3.63) is 58.9 Å². The summed E-state index contributed by atoms with van der Waals surface area (Å²) in [5.74, 6) is 0.149. The van der Waals surface area contributed by atoms with Gasteiger partial charge in [-0.2, -0.15) is 18.3 Å². The molecule has 0 amide bonds. The molecule has 0 saturated heterocycles. The summed E-state index contributed by atoms with van der Waals surface area (Å²) in [6.07, 6.45) is -2.60. The first kappa shape index (κ1) is 15.2. The minimum atomic E-state index is -4.41. The van der Waals surface area contributed by atoms with Crippen molar-refractivity contribution in [3.8, 4) is 0 Å². The molecule has 6 heteroatoms. The van der Waals surface area contributed by atoms with E-state index in [9.17, 15) is 13.2 Å². The number of hydrogen-bond donors (Lipinski definition) is 0. The summed E-state index contributed by atoms with van der Waals surface area (Å²) in [5, 5.41) is 4.45. The van der Waals surface area contributed by atoms with Crippen LogP contribution in [-0.4, -0.2) is 14.8 Å². The van der Waals surface area contributed by atoms with Gasteiger partial charge in [0, 0.05) is 11.6 Å². The highest BCUT2D eigenvalue weighted by Crippen LogP contribution is 2.43. The SMILES string of the molecule is Cc1nn(Cc2ccccc2)c2nc(C3CC3)cc(C(F)(F)F)c12. The van der Waals surface area contributed by atoms with E-state index >= 15 is 0 Å². The molecule has 0 unspecified atom stereocenters. The van der Waals surface area contributed by atoms with Crippen LogP contribution in [0.4, 0.5) is 13.2 Å². The van der Waals surface area contributed by atoms with Crippen LogP contribution in [0, 0.1) is 6.92 Å². The molecule has 0 N–H and O–H groups in total. The van der Waals surface area contributed by atoms with Crippen molar-refractivity contribution in [1.82, 2.24) is 14.8 Å². The molecule has 0 atom stereocenters. The van der Waals surface area contributed by atoms with E-state index in [2.05, 4.69) is 10.1 Å². The van der Waals surface area contributed by atoms with Gasteiger partial charge in [-0.15, -0.1) is 0 Å². The van der Waals surface area contributed by atoms with Gasteiger partial charge in [0.2, 0.25) is 0 Å². The summed E-state index contributed by atoms with van der Waals surface area (Å²) in [5.41, 5.74) is 1.58.